The molecule has 18 heavy (non-hydrogen) atoms. The Balaban J connectivity index is 2.16. The van der Waals surface area contributed by atoms with Crippen LogP contribution in [-0.2, 0) is 0 Å². The highest BCUT2D eigenvalue weighted by Gasteiger charge is 2.06. The van der Waals surface area contributed by atoms with Crippen LogP contribution in [0.5, 0.6) is 0 Å². The number of pyridine rings is 1. The minimum Gasteiger partial charge on any atom is -0.305 e. The first-order chi connectivity index (χ1) is 8.63. The molecule has 0 radical (unpaired) electrons. The number of imidazole rings is 1. The lowest BCUT2D eigenvalue weighted by atomic mass is 10.2. The van der Waals surface area contributed by atoms with Crippen LogP contribution >= 0.6 is 38.5 Å². The molecule has 0 amide bonds. The van der Waals surface area contributed by atoms with E-state index in [4.69, 9.17) is 0 Å². The fraction of sp³-hybridized carbons (Fsp3) is 0.0714. The van der Waals surface area contributed by atoms with Crippen molar-refractivity contribution in [2.24, 2.45) is 0 Å². The third-order valence-electron chi connectivity index (χ3n) is 2.88. The zero-order valence-corrected chi connectivity index (χ0v) is 13.4. The topological polar surface area (TPSA) is 17.3 Å². The normalized spacial score (nSPS) is 11.1. The molecule has 0 unspecified atom stereocenters. The standard InChI is InChI=1S/C14H10BrIN2/c1-9-6-14-17-13(8-18(14)7-12(9)15)10-2-4-11(16)5-3-10/h2-8H,1H3. The van der Waals surface area contributed by atoms with Gasteiger partial charge in [-0.05, 0) is 69.2 Å². The second kappa shape index (κ2) is 4.66. The molecular formula is C14H10BrIN2. The monoisotopic (exact) mass is 412 g/mol. The van der Waals surface area contributed by atoms with Gasteiger partial charge in [-0.2, -0.15) is 0 Å². The number of fused-ring (bicyclic) bond motifs is 1. The Bertz CT molecular complexity index is 677. The molecule has 0 N–H and O–H groups in total. The molecule has 0 aliphatic heterocycles. The molecule has 3 aromatic rings. The molecular weight excluding hydrogens is 403 g/mol. The summed E-state index contributed by atoms with van der Waals surface area (Å²) in [6, 6.07) is 10.5. The molecule has 0 fully saturated rings. The number of halogens is 2. The van der Waals surface area contributed by atoms with Gasteiger partial charge in [0.25, 0.3) is 0 Å². The van der Waals surface area contributed by atoms with Crippen LogP contribution in [0, 0.1) is 10.5 Å². The predicted octanol–water partition coefficient (Wildman–Crippen LogP) is 4.68. The summed E-state index contributed by atoms with van der Waals surface area (Å²) < 4.78 is 4.38. The van der Waals surface area contributed by atoms with Crippen molar-refractivity contribution in [1.82, 2.24) is 9.38 Å². The average Bonchev–Trinajstić information content (AvgIpc) is 2.73. The number of hydrogen-bond donors (Lipinski definition) is 0. The van der Waals surface area contributed by atoms with Gasteiger partial charge in [-0.3, -0.25) is 0 Å². The predicted molar refractivity (Wildman–Crippen MR) is 85.8 cm³/mol. The van der Waals surface area contributed by atoms with E-state index in [-0.39, 0.29) is 0 Å². The molecule has 0 aliphatic rings. The van der Waals surface area contributed by atoms with Crippen molar-refractivity contribution in [3.05, 3.63) is 56.3 Å². The maximum Gasteiger partial charge on any atom is 0.137 e. The van der Waals surface area contributed by atoms with Crippen molar-refractivity contribution in [3.8, 4) is 11.3 Å². The van der Waals surface area contributed by atoms with Crippen molar-refractivity contribution < 1.29 is 0 Å². The van der Waals surface area contributed by atoms with Gasteiger partial charge in [0.1, 0.15) is 5.65 Å². The van der Waals surface area contributed by atoms with Crippen LogP contribution in [0.4, 0.5) is 0 Å². The lowest BCUT2D eigenvalue weighted by Gasteiger charge is -1.98. The van der Waals surface area contributed by atoms with Gasteiger partial charge in [0.05, 0.1) is 5.69 Å². The fourth-order valence-corrected chi connectivity index (χ4v) is 2.56. The summed E-state index contributed by atoms with van der Waals surface area (Å²) in [4.78, 5) is 4.65. The minimum absolute atomic E-state index is 0.976. The molecule has 90 valence electrons. The van der Waals surface area contributed by atoms with E-state index >= 15 is 0 Å². The molecule has 2 nitrogen and oxygen atoms in total. The first-order valence-corrected chi connectivity index (χ1v) is 7.41. The average molecular weight is 413 g/mol. The molecule has 0 saturated heterocycles. The second-order valence-corrected chi connectivity index (χ2v) is 6.30. The maximum atomic E-state index is 4.65. The molecule has 0 bridgehead atoms. The zero-order chi connectivity index (χ0) is 12.7. The van der Waals surface area contributed by atoms with Crippen molar-refractivity contribution in [1.29, 1.82) is 0 Å². The Morgan fingerprint density at radius 3 is 2.61 bits per heavy atom. The van der Waals surface area contributed by atoms with E-state index in [9.17, 15) is 0 Å². The largest absolute Gasteiger partial charge is 0.305 e. The van der Waals surface area contributed by atoms with E-state index in [1.807, 2.05) is 10.6 Å². The van der Waals surface area contributed by atoms with Crippen molar-refractivity contribution in [2.45, 2.75) is 6.92 Å². The summed E-state index contributed by atoms with van der Waals surface area (Å²) in [6.07, 6.45) is 4.11. The summed E-state index contributed by atoms with van der Waals surface area (Å²) in [5, 5.41) is 0. The van der Waals surface area contributed by atoms with Gasteiger partial charge < -0.3 is 4.40 Å². The number of benzene rings is 1. The number of aryl methyl sites for hydroxylation is 1. The van der Waals surface area contributed by atoms with E-state index in [1.165, 1.54) is 9.13 Å². The van der Waals surface area contributed by atoms with E-state index in [2.05, 4.69) is 87.0 Å². The van der Waals surface area contributed by atoms with Crippen LogP contribution in [-0.4, -0.2) is 9.38 Å². The van der Waals surface area contributed by atoms with Crippen molar-refractivity contribution in [2.75, 3.05) is 0 Å². The quantitative estimate of drug-likeness (QED) is 0.530. The summed E-state index contributed by atoms with van der Waals surface area (Å²) in [6.45, 7) is 2.07. The molecule has 3 rings (SSSR count). The SMILES string of the molecule is Cc1cc2nc(-c3ccc(I)cc3)cn2cc1Br. The van der Waals surface area contributed by atoms with Gasteiger partial charge in [-0.15, -0.1) is 0 Å². The van der Waals surface area contributed by atoms with Crippen LogP contribution in [0.2, 0.25) is 0 Å². The minimum atomic E-state index is 0.976. The Kier molecular flexibility index (Phi) is 3.15. The van der Waals surface area contributed by atoms with Crippen LogP contribution < -0.4 is 0 Å². The molecule has 0 spiro atoms. The van der Waals surface area contributed by atoms with Crippen LogP contribution in [0.25, 0.3) is 16.9 Å². The van der Waals surface area contributed by atoms with Gasteiger partial charge >= 0.3 is 0 Å². The maximum absolute atomic E-state index is 4.65. The highest BCUT2D eigenvalue weighted by atomic mass is 127. The van der Waals surface area contributed by atoms with Crippen LogP contribution in [0.3, 0.4) is 0 Å². The third-order valence-corrected chi connectivity index (χ3v) is 4.42. The van der Waals surface area contributed by atoms with Crippen LogP contribution in [0.15, 0.2) is 47.2 Å². The van der Waals surface area contributed by atoms with E-state index in [1.54, 1.807) is 0 Å². The van der Waals surface area contributed by atoms with E-state index < -0.39 is 0 Å². The van der Waals surface area contributed by atoms with Crippen molar-refractivity contribution in [3.63, 3.8) is 0 Å². The van der Waals surface area contributed by atoms with Gasteiger partial charge in [-0.25, -0.2) is 4.98 Å². The third kappa shape index (κ3) is 2.19. The highest BCUT2D eigenvalue weighted by Crippen LogP contribution is 2.23. The lowest BCUT2D eigenvalue weighted by molar-refractivity contribution is 1.16. The summed E-state index contributed by atoms with van der Waals surface area (Å²) >= 11 is 5.85. The van der Waals surface area contributed by atoms with E-state index in [0.29, 0.717) is 0 Å². The van der Waals surface area contributed by atoms with Crippen molar-refractivity contribution >= 4 is 44.2 Å². The fourth-order valence-electron chi connectivity index (χ4n) is 1.86. The molecule has 2 heterocycles. The molecule has 2 aromatic heterocycles. The molecule has 0 aliphatic carbocycles. The molecule has 0 atom stereocenters. The number of hydrogen-bond acceptors (Lipinski definition) is 1. The summed E-state index contributed by atoms with van der Waals surface area (Å²) in [5.74, 6) is 0. The van der Waals surface area contributed by atoms with Gasteiger partial charge in [0.2, 0.25) is 0 Å². The zero-order valence-electron chi connectivity index (χ0n) is 9.69. The van der Waals surface area contributed by atoms with Gasteiger partial charge in [0.15, 0.2) is 0 Å². The Morgan fingerprint density at radius 2 is 1.89 bits per heavy atom. The number of aromatic nitrogens is 2. The first kappa shape index (κ1) is 12.2. The second-order valence-electron chi connectivity index (χ2n) is 4.20. The van der Waals surface area contributed by atoms with Gasteiger partial charge in [-0.1, -0.05) is 12.1 Å². The molecule has 1 aromatic carbocycles. The van der Waals surface area contributed by atoms with Gasteiger partial charge in [0, 0.05) is 26.0 Å². The molecule has 4 heteroatoms. The summed E-state index contributed by atoms with van der Waals surface area (Å²) in [5.41, 5.74) is 4.32. The molecule has 0 saturated carbocycles. The number of rotatable bonds is 1. The Labute approximate surface area is 127 Å². The number of nitrogens with zero attached hydrogens (tertiary/aromatic N) is 2. The van der Waals surface area contributed by atoms with E-state index in [0.717, 1.165) is 21.4 Å². The summed E-state index contributed by atoms with van der Waals surface area (Å²) in [7, 11) is 0. The first-order valence-electron chi connectivity index (χ1n) is 5.54. The Morgan fingerprint density at radius 1 is 1.17 bits per heavy atom. The lowest BCUT2D eigenvalue weighted by Crippen LogP contribution is -1.85. The highest BCUT2D eigenvalue weighted by molar-refractivity contribution is 14.1. The van der Waals surface area contributed by atoms with Crippen LogP contribution in [0.1, 0.15) is 5.56 Å². The smallest absolute Gasteiger partial charge is 0.137 e. The Hall–Kier alpha value is -0.880.